The normalized spacial score (nSPS) is 14.5. The van der Waals surface area contributed by atoms with E-state index in [1.54, 1.807) is 0 Å². The van der Waals surface area contributed by atoms with Gasteiger partial charge in [0.1, 0.15) is 19.3 Å². The van der Waals surface area contributed by atoms with E-state index in [0.717, 1.165) is 115 Å². The highest BCUT2D eigenvalue weighted by atomic mass is 31.2. The molecule has 0 fully saturated rings. The van der Waals surface area contributed by atoms with E-state index in [-0.39, 0.29) is 25.7 Å². The van der Waals surface area contributed by atoms with Crippen molar-refractivity contribution in [2.24, 2.45) is 23.7 Å². The van der Waals surface area contributed by atoms with Crippen LogP contribution >= 0.6 is 15.6 Å². The Labute approximate surface area is 556 Å². The quantitative estimate of drug-likeness (QED) is 0.0222. The summed E-state index contributed by atoms with van der Waals surface area (Å²) in [6.45, 7) is 14.1. The van der Waals surface area contributed by atoms with Crippen LogP contribution in [0.4, 0.5) is 0 Å². The van der Waals surface area contributed by atoms with Crippen LogP contribution in [0.2, 0.25) is 0 Å². The summed E-state index contributed by atoms with van der Waals surface area (Å²) < 4.78 is 68.3. The van der Waals surface area contributed by atoms with Gasteiger partial charge in [0.2, 0.25) is 0 Å². The zero-order chi connectivity index (χ0) is 67.5. The smallest absolute Gasteiger partial charge is 0.462 e. The van der Waals surface area contributed by atoms with E-state index in [2.05, 4.69) is 55.4 Å². The summed E-state index contributed by atoms with van der Waals surface area (Å²) in [6, 6.07) is 0. The molecule has 0 amide bonds. The van der Waals surface area contributed by atoms with E-state index >= 15 is 0 Å². The fourth-order valence-electron chi connectivity index (χ4n) is 10.8. The fourth-order valence-corrected chi connectivity index (χ4v) is 12.4. The molecule has 3 N–H and O–H groups in total. The first-order valence-electron chi connectivity index (χ1n) is 37.2. The third kappa shape index (κ3) is 65.1. The molecule has 0 radical (unpaired) electrons. The fraction of sp³-hybridized carbons (Fsp3) is 0.944. The SMILES string of the molecule is CCC(C)CCCCCCCCCCCCC(=O)O[C@H](COC(=O)CCCCCCCCCC(C)C)COP(=O)(O)OCC(O)COP(=O)(O)OC[C@@H](COC(=O)CCCCCCCCCC(C)C)OC(=O)CCCCCCCCCCCCCCCCC(C)C. The van der Waals surface area contributed by atoms with Crippen molar-refractivity contribution >= 4 is 39.5 Å². The van der Waals surface area contributed by atoms with Gasteiger partial charge in [0.25, 0.3) is 0 Å². The Morgan fingerprint density at radius 1 is 0.308 bits per heavy atom. The van der Waals surface area contributed by atoms with Gasteiger partial charge in [-0.3, -0.25) is 37.3 Å². The Bertz CT molecular complexity index is 1800. The molecule has 6 atom stereocenters. The minimum absolute atomic E-state index is 0.105. The molecule has 0 aliphatic carbocycles. The second kappa shape index (κ2) is 61.6. The number of carbonyl (C=O) groups is 4. The lowest BCUT2D eigenvalue weighted by molar-refractivity contribution is -0.161. The first kappa shape index (κ1) is 89.1. The third-order valence-electron chi connectivity index (χ3n) is 16.9. The number of unbranched alkanes of at least 4 members (excludes halogenated alkanes) is 34. The lowest BCUT2D eigenvalue weighted by Crippen LogP contribution is -2.30. The van der Waals surface area contributed by atoms with Gasteiger partial charge in [0, 0.05) is 25.7 Å². The third-order valence-corrected chi connectivity index (χ3v) is 18.8. The summed E-state index contributed by atoms with van der Waals surface area (Å²) in [5, 5.41) is 10.6. The van der Waals surface area contributed by atoms with E-state index < -0.39 is 97.5 Å². The summed E-state index contributed by atoms with van der Waals surface area (Å²) in [7, 11) is -9.91. The maximum atomic E-state index is 13.0. The van der Waals surface area contributed by atoms with Gasteiger partial charge in [0.15, 0.2) is 12.2 Å². The van der Waals surface area contributed by atoms with Crippen molar-refractivity contribution < 1.29 is 80.2 Å². The van der Waals surface area contributed by atoms with E-state index in [1.807, 2.05) is 0 Å². The zero-order valence-electron chi connectivity index (χ0n) is 59.5. The molecule has 0 aromatic heterocycles. The average molecular weight is 1340 g/mol. The van der Waals surface area contributed by atoms with Crippen LogP contribution in [0.1, 0.15) is 357 Å². The van der Waals surface area contributed by atoms with E-state index in [9.17, 15) is 43.2 Å². The van der Waals surface area contributed by atoms with Crippen LogP contribution in [-0.2, 0) is 65.4 Å². The molecule has 0 spiro atoms. The number of esters is 4. The number of aliphatic hydroxyl groups is 1. The molecule has 0 aromatic carbocycles. The van der Waals surface area contributed by atoms with Crippen molar-refractivity contribution in [3.8, 4) is 0 Å². The van der Waals surface area contributed by atoms with Gasteiger partial charge in [-0.1, -0.05) is 306 Å². The molecular weight excluding hydrogens is 1200 g/mol. The molecule has 4 unspecified atom stereocenters. The molecule has 0 rings (SSSR count). The first-order chi connectivity index (χ1) is 43.6. The maximum absolute atomic E-state index is 13.0. The Balaban J connectivity index is 5.23. The van der Waals surface area contributed by atoms with Gasteiger partial charge >= 0.3 is 39.5 Å². The van der Waals surface area contributed by atoms with E-state index in [1.165, 1.54) is 148 Å². The highest BCUT2D eigenvalue weighted by Gasteiger charge is 2.30. The largest absolute Gasteiger partial charge is 0.472 e. The van der Waals surface area contributed by atoms with Gasteiger partial charge in [-0.15, -0.1) is 0 Å². The monoisotopic (exact) mass is 1340 g/mol. The summed E-state index contributed by atoms with van der Waals surface area (Å²) in [6.07, 6.45) is 44.5. The van der Waals surface area contributed by atoms with Crippen molar-refractivity contribution in [2.75, 3.05) is 39.6 Å². The van der Waals surface area contributed by atoms with Crippen molar-refractivity contribution in [1.82, 2.24) is 0 Å². The molecule has 0 heterocycles. The lowest BCUT2D eigenvalue weighted by Gasteiger charge is -2.21. The van der Waals surface area contributed by atoms with E-state index in [4.69, 9.17) is 37.0 Å². The van der Waals surface area contributed by atoms with Crippen LogP contribution < -0.4 is 0 Å². The number of hydrogen-bond acceptors (Lipinski definition) is 15. The molecule has 0 aliphatic rings. The Kier molecular flexibility index (Phi) is 60.3. The van der Waals surface area contributed by atoms with Crippen LogP contribution in [0.25, 0.3) is 0 Å². The van der Waals surface area contributed by atoms with Gasteiger partial charge in [-0.25, -0.2) is 9.13 Å². The number of phosphoric ester groups is 2. The van der Waals surface area contributed by atoms with E-state index in [0.29, 0.717) is 37.5 Å². The standard InChI is InChI=1S/C72H140O17P2/c1-9-65(8)51-43-35-27-19-16-17-21-29-39-47-55-72(77)89-68(59-83-70(75)53-45-37-31-23-26-34-42-50-64(6)7)61-87-91(80,81)85-57-66(73)56-84-90(78,79)86-60-67(58-82-69(74)52-44-36-30-22-25-33-41-49-63(4)5)88-71(76)54-46-38-28-20-15-13-11-10-12-14-18-24-32-40-48-62(2)3/h62-68,73H,9-61H2,1-8H3,(H,78,79)(H,80,81)/t65?,66?,67-,68-/m1/s1. The summed E-state index contributed by atoms with van der Waals surface area (Å²) in [5.41, 5.74) is 0. The topological polar surface area (TPSA) is 237 Å². The number of aliphatic hydroxyl groups excluding tert-OH is 1. The highest BCUT2D eigenvalue weighted by Crippen LogP contribution is 2.45. The summed E-state index contributed by atoms with van der Waals surface area (Å²) in [5.74, 6) is 0.880. The Morgan fingerprint density at radius 3 is 0.780 bits per heavy atom. The molecule has 19 heteroatoms. The molecule has 91 heavy (non-hydrogen) atoms. The Morgan fingerprint density at radius 2 is 0.527 bits per heavy atom. The molecule has 0 aliphatic heterocycles. The van der Waals surface area contributed by atoms with Gasteiger partial charge in [-0.05, 0) is 49.4 Å². The second-order valence-corrected chi connectivity index (χ2v) is 30.6. The Hall–Kier alpha value is -1.94. The van der Waals surface area contributed by atoms with Crippen LogP contribution in [-0.4, -0.2) is 96.7 Å². The maximum Gasteiger partial charge on any atom is 0.472 e. The second-order valence-electron chi connectivity index (χ2n) is 27.6. The van der Waals surface area contributed by atoms with Crippen molar-refractivity contribution in [3.05, 3.63) is 0 Å². The molecule has 0 bridgehead atoms. The number of ether oxygens (including phenoxy) is 4. The highest BCUT2D eigenvalue weighted by molar-refractivity contribution is 7.47. The predicted octanol–water partition coefficient (Wildman–Crippen LogP) is 20.5. The summed E-state index contributed by atoms with van der Waals surface area (Å²) >= 11 is 0. The summed E-state index contributed by atoms with van der Waals surface area (Å²) in [4.78, 5) is 72.6. The van der Waals surface area contributed by atoms with Crippen LogP contribution in [0.15, 0.2) is 0 Å². The molecule has 0 saturated carbocycles. The number of carbonyl (C=O) groups excluding carboxylic acids is 4. The first-order valence-corrected chi connectivity index (χ1v) is 40.2. The number of hydrogen-bond donors (Lipinski definition) is 3. The van der Waals surface area contributed by atoms with Crippen LogP contribution in [0.5, 0.6) is 0 Å². The number of phosphoric acid groups is 2. The van der Waals surface area contributed by atoms with Crippen molar-refractivity contribution in [1.29, 1.82) is 0 Å². The molecular formula is C72H140O17P2. The molecule has 540 valence electrons. The average Bonchev–Trinajstić information content (AvgIpc) is 3.46. The van der Waals surface area contributed by atoms with Gasteiger partial charge in [0.05, 0.1) is 26.4 Å². The van der Waals surface area contributed by atoms with Crippen LogP contribution in [0.3, 0.4) is 0 Å². The lowest BCUT2D eigenvalue weighted by atomic mass is 9.99. The minimum atomic E-state index is -4.95. The van der Waals surface area contributed by atoms with Gasteiger partial charge in [-0.2, -0.15) is 0 Å². The molecule has 0 aromatic rings. The van der Waals surface area contributed by atoms with Crippen molar-refractivity contribution in [2.45, 2.75) is 375 Å². The van der Waals surface area contributed by atoms with Crippen LogP contribution in [0, 0.1) is 23.7 Å². The molecule has 0 saturated heterocycles. The van der Waals surface area contributed by atoms with Crippen molar-refractivity contribution in [3.63, 3.8) is 0 Å². The zero-order valence-corrected chi connectivity index (χ0v) is 61.3. The minimum Gasteiger partial charge on any atom is -0.462 e. The molecule has 17 nitrogen and oxygen atoms in total. The number of rotatable bonds is 69. The van der Waals surface area contributed by atoms with Gasteiger partial charge < -0.3 is 33.8 Å². The predicted molar refractivity (Wildman–Crippen MR) is 367 cm³/mol.